The van der Waals surface area contributed by atoms with Crippen LogP contribution in [0, 0.1) is 12.7 Å². The Balaban J connectivity index is 1.48. The van der Waals surface area contributed by atoms with Crippen LogP contribution in [0.4, 0.5) is 17.6 Å². The highest BCUT2D eigenvalue weighted by molar-refractivity contribution is 7.20. The monoisotopic (exact) mass is 440 g/mol. The number of aryl methyl sites for hydroxylation is 1. The highest BCUT2D eigenvalue weighted by Crippen LogP contribution is 2.30. The molecule has 0 atom stereocenters. The predicted molar refractivity (Wildman–Crippen MR) is 106 cm³/mol. The summed E-state index contributed by atoms with van der Waals surface area (Å²) in [5, 5.41) is 5.40. The van der Waals surface area contributed by atoms with E-state index in [1.807, 2.05) is 6.92 Å². The first-order chi connectivity index (χ1) is 14.2. The molecule has 160 valence electrons. The van der Waals surface area contributed by atoms with Crippen LogP contribution in [0.2, 0.25) is 0 Å². The number of benzene rings is 1. The Bertz CT molecular complexity index is 1050. The van der Waals surface area contributed by atoms with Crippen LogP contribution in [-0.4, -0.2) is 64.4 Å². The molecule has 0 unspecified atom stereocenters. The topological polar surface area (TPSA) is 41.4 Å². The Kier molecular flexibility index (Phi) is 5.54. The fourth-order valence-electron chi connectivity index (χ4n) is 3.61. The molecule has 0 radical (unpaired) electrons. The number of halogens is 4. The molecule has 3 heterocycles. The molecule has 1 saturated heterocycles. The Labute approximate surface area is 174 Å². The summed E-state index contributed by atoms with van der Waals surface area (Å²) in [6, 6.07) is 7.97. The van der Waals surface area contributed by atoms with Crippen LogP contribution in [0.5, 0.6) is 0 Å². The molecule has 0 aliphatic carbocycles. The van der Waals surface area contributed by atoms with Gasteiger partial charge in [-0.1, -0.05) is 12.1 Å². The number of thiophene rings is 1. The third-order valence-corrected chi connectivity index (χ3v) is 6.26. The average molecular weight is 440 g/mol. The standard InChI is InChI=1S/C20H20F4N4OS/c1-13-16-10-17(18(29)27-8-6-26(7-9-27)12-20(22,23)24)30-19(16)28(25-13)11-14-2-4-15(21)5-3-14/h2-5,10H,6-9,11-12H2,1H3. The van der Waals surface area contributed by atoms with Gasteiger partial charge in [0.2, 0.25) is 0 Å². The summed E-state index contributed by atoms with van der Waals surface area (Å²) >= 11 is 1.32. The van der Waals surface area contributed by atoms with Crippen molar-refractivity contribution in [1.82, 2.24) is 19.6 Å². The van der Waals surface area contributed by atoms with E-state index in [1.54, 1.807) is 27.8 Å². The van der Waals surface area contributed by atoms with E-state index in [-0.39, 0.29) is 37.9 Å². The van der Waals surface area contributed by atoms with Gasteiger partial charge >= 0.3 is 6.18 Å². The predicted octanol–water partition coefficient (Wildman–Crippen LogP) is 3.91. The number of amides is 1. The minimum absolute atomic E-state index is 0.171. The van der Waals surface area contributed by atoms with E-state index < -0.39 is 12.7 Å². The quantitative estimate of drug-likeness (QED) is 0.578. The van der Waals surface area contributed by atoms with Crippen LogP contribution in [0.3, 0.4) is 0 Å². The first-order valence-electron chi connectivity index (χ1n) is 9.49. The van der Waals surface area contributed by atoms with Crippen molar-refractivity contribution in [3.05, 3.63) is 52.3 Å². The molecule has 1 amide bonds. The number of alkyl halides is 3. The van der Waals surface area contributed by atoms with Gasteiger partial charge in [0, 0.05) is 31.6 Å². The average Bonchev–Trinajstić information content (AvgIpc) is 3.24. The molecule has 0 bridgehead atoms. The Morgan fingerprint density at radius 3 is 2.43 bits per heavy atom. The highest BCUT2D eigenvalue weighted by Gasteiger charge is 2.33. The zero-order chi connectivity index (χ0) is 21.5. The molecular formula is C20H20F4N4OS. The normalized spacial score (nSPS) is 15.8. The molecule has 0 N–H and O–H groups in total. The summed E-state index contributed by atoms with van der Waals surface area (Å²) in [5.74, 6) is -0.476. The van der Waals surface area contributed by atoms with E-state index in [4.69, 9.17) is 0 Å². The van der Waals surface area contributed by atoms with Gasteiger partial charge in [-0.15, -0.1) is 11.3 Å². The van der Waals surface area contributed by atoms with Gasteiger partial charge in [-0.3, -0.25) is 14.4 Å². The first-order valence-corrected chi connectivity index (χ1v) is 10.3. The second-order valence-electron chi connectivity index (χ2n) is 7.38. The van der Waals surface area contributed by atoms with E-state index in [0.717, 1.165) is 21.5 Å². The van der Waals surface area contributed by atoms with Crippen LogP contribution < -0.4 is 0 Å². The number of nitrogens with zero attached hydrogens (tertiary/aromatic N) is 4. The minimum Gasteiger partial charge on any atom is -0.335 e. The lowest BCUT2D eigenvalue weighted by Gasteiger charge is -2.34. The van der Waals surface area contributed by atoms with Crippen molar-refractivity contribution in [3.63, 3.8) is 0 Å². The summed E-state index contributed by atoms with van der Waals surface area (Å²) in [7, 11) is 0. The molecule has 1 aliphatic rings. The molecule has 30 heavy (non-hydrogen) atoms. The lowest BCUT2D eigenvalue weighted by Crippen LogP contribution is -2.50. The van der Waals surface area contributed by atoms with Gasteiger partial charge in [-0.05, 0) is 30.7 Å². The summed E-state index contributed by atoms with van der Waals surface area (Å²) in [6.45, 7) is 2.31. The van der Waals surface area contributed by atoms with E-state index >= 15 is 0 Å². The number of rotatable bonds is 4. The van der Waals surface area contributed by atoms with Crippen LogP contribution in [0.1, 0.15) is 20.9 Å². The molecule has 10 heteroatoms. The van der Waals surface area contributed by atoms with Gasteiger partial charge in [0.15, 0.2) is 0 Å². The number of aromatic nitrogens is 2. The summed E-state index contributed by atoms with van der Waals surface area (Å²) in [5.41, 5.74) is 1.68. The van der Waals surface area contributed by atoms with Gasteiger partial charge in [0.25, 0.3) is 5.91 Å². The van der Waals surface area contributed by atoms with Crippen LogP contribution in [-0.2, 0) is 6.54 Å². The molecule has 1 aliphatic heterocycles. The third-order valence-electron chi connectivity index (χ3n) is 5.13. The lowest BCUT2D eigenvalue weighted by molar-refractivity contribution is -0.148. The van der Waals surface area contributed by atoms with Crippen LogP contribution in [0.25, 0.3) is 10.2 Å². The summed E-state index contributed by atoms with van der Waals surface area (Å²) < 4.78 is 52.6. The smallest absolute Gasteiger partial charge is 0.335 e. The lowest BCUT2D eigenvalue weighted by atomic mass is 10.2. The number of carbonyl (C=O) groups excluding carboxylic acids is 1. The van der Waals surface area contributed by atoms with Crippen molar-refractivity contribution < 1.29 is 22.4 Å². The van der Waals surface area contributed by atoms with Gasteiger partial charge in [0.05, 0.1) is 23.7 Å². The molecule has 1 fully saturated rings. The molecule has 1 aromatic carbocycles. The minimum atomic E-state index is -4.23. The molecule has 3 aromatic rings. The van der Waals surface area contributed by atoms with Gasteiger partial charge in [0.1, 0.15) is 10.6 Å². The Hall–Kier alpha value is -2.46. The van der Waals surface area contributed by atoms with Crippen molar-refractivity contribution in [1.29, 1.82) is 0 Å². The van der Waals surface area contributed by atoms with E-state index in [0.29, 0.717) is 11.4 Å². The molecule has 0 spiro atoms. The van der Waals surface area contributed by atoms with Gasteiger partial charge in [-0.25, -0.2) is 4.39 Å². The Morgan fingerprint density at radius 1 is 1.13 bits per heavy atom. The molecular weight excluding hydrogens is 420 g/mol. The van der Waals surface area contributed by atoms with Crippen molar-refractivity contribution in [2.45, 2.75) is 19.6 Å². The second-order valence-corrected chi connectivity index (χ2v) is 8.41. The molecule has 5 nitrogen and oxygen atoms in total. The summed E-state index contributed by atoms with van der Waals surface area (Å²) in [6.07, 6.45) is -4.23. The van der Waals surface area contributed by atoms with Gasteiger partial charge < -0.3 is 4.90 Å². The Morgan fingerprint density at radius 2 is 1.80 bits per heavy atom. The van der Waals surface area contributed by atoms with E-state index in [1.165, 1.54) is 28.4 Å². The van der Waals surface area contributed by atoms with Crippen molar-refractivity contribution in [3.8, 4) is 0 Å². The second kappa shape index (κ2) is 7.99. The van der Waals surface area contributed by atoms with E-state index in [2.05, 4.69) is 5.10 Å². The first kappa shape index (κ1) is 20.8. The third kappa shape index (κ3) is 4.49. The SMILES string of the molecule is Cc1nn(Cc2ccc(F)cc2)c2sc(C(=O)N3CCN(CC(F)(F)F)CC3)cc12. The molecule has 2 aromatic heterocycles. The van der Waals surface area contributed by atoms with E-state index in [9.17, 15) is 22.4 Å². The summed E-state index contributed by atoms with van der Waals surface area (Å²) in [4.78, 5) is 17.2. The highest BCUT2D eigenvalue weighted by atomic mass is 32.1. The number of carbonyl (C=O) groups is 1. The van der Waals surface area contributed by atoms with Crippen LogP contribution >= 0.6 is 11.3 Å². The van der Waals surface area contributed by atoms with Crippen LogP contribution in [0.15, 0.2) is 30.3 Å². The van der Waals surface area contributed by atoms with Crippen molar-refractivity contribution in [2.24, 2.45) is 0 Å². The number of hydrogen-bond acceptors (Lipinski definition) is 4. The zero-order valence-corrected chi connectivity index (χ0v) is 17.1. The fourth-order valence-corrected chi connectivity index (χ4v) is 4.74. The molecule has 4 rings (SSSR count). The maximum absolute atomic E-state index is 13.1. The number of hydrogen-bond donors (Lipinski definition) is 0. The zero-order valence-electron chi connectivity index (χ0n) is 16.2. The maximum Gasteiger partial charge on any atom is 0.401 e. The largest absolute Gasteiger partial charge is 0.401 e. The van der Waals surface area contributed by atoms with Crippen molar-refractivity contribution in [2.75, 3.05) is 32.7 Å². The molecule has 0 saturated carbocycles. The number of fused-ring (bicyclic) bond motifs is 1. The fraction of sp³-hybridized carbons (Fsp3) is 0.400. The maximum atomic E-state index is 13.1. The van der Waals surface area contributed by atoms with Gasteiger partial charge in [-0.2, -0.15) is 18.3 Å². The number of piperazine rings is 1. The van der Waals surface area contributed by atoms with Crippen molar-refractivity contribution >= 4 is 27.5 Å².